The number of aromatic nitrogens is 4. The van der Waals surface area contributed by atoms with Crippen LogP contribution in [-0.4, -0.2) is 55.3 Å². The van der Waals surface area contributed by atoms with Crippen LogP contribution in [0.25, 0.3) is 0 Å². The second kappa shape index (κ2) is 7.33. The summed E-state index contributed by atoms with van der Waals surface area (Å²) in [5.41, 5.74) is 1.02. The second-order valence-corrected chi connectivity index (χ2v) is 5.93. The van der Waals surface area contributed by atoms with Gasteiger partial charge in [-0.05, 0) is 25.7 Å². The van der Waals surface area contributed by atoms with Crippen LogP contribution in [0.2, 0.25) is 0 Å². The van der Waals surface area contributed by atoms with Crippen molar-refractivity contribution in [2.75, 3.05) is 19.4 Å². The van der Waals surface area contributed by atoms with Crippen LogP contribution < -0.4 is 5.32 Å². The van der Waals surface area contributed by atoms with Crippen molar-refractivity contribution in [1.29, 1.82) is 0 Å². The van der Waals surface area contributed by atoms with Crippen molar-refractivity contribution in [3.05, 3.63) is 33.8 Å². The average molecular weight is 363 g/mol. The second-order valence-electron chi connectivity index (χ2n) is 5.93. The van der Waals surface area contributed by atoms with Gasteiger partial charge in [0.05, 0.1) is 28.7 Å². The molecule has 2 rings (SSSR count). The maximum atomic E-state index is 12.6. The molecule has 1 unspecified atom stereocenters. The Morgan fingerprint density at radius 2 is 2.08 bits per heavy atom. The van der Waals surface area contributed by atoms with Gasteiger partial charge in [0, 0.05) is 20.6 Å². The minimum absolute atomic E-state index is 0.265. The van der Waals surface area contributed by atoms with E-state index < -0.39 is 16.9 Å². The van der Waals surface area contributed by atoms with Gasteiger partial charge in [-0.3, -0.25) is 14.3 Å². The summed E-state index contributed by atoms with van der Waals surface area (Å²) < 4.78 is 2.76. The SMILES string of the molecule is CCn1ncc(NC(=O)C(C)n2nc([N+](=O)[O-])cc2C)c1C(=O)N(C)C. The Bertz CT molecular complexity index is 852. The number of carbonyl (C=O) groups excluding carboxylic acids is 2. The molecule has 11 nitrogen and oxygen atoms in total. The topological polar surface area (TPSA) is 128 Å². The Balaban J connectivity index is 2.29. The first-order valence-corrected chi connectivity index (χ1v) is 7.96. The van der Waals surface area contributed by atoms with Gasteiger partial charge < -0.3 is 20.3 Å². The van der Waals surface area contributed by atoms with Crippen molar-refractivity contribution in [1.82, 2.24) is 24.5 Å². The van der Waals surface area contributed by atoms with Gasteiger partial charge >= 0.3 is 5.82 Å². The molecule has 2 heterocycles. The van der Waals surface area contributed by atoms with Gasteiger partial charge in [-0.2, -0.15) is 9.78 Å². The molecule has 2 aromatic heterocycles. The van der Waals surface area contributed by atoms with E-state index in [1.165, 1.54) is 26.5 Å². The summed E-state index contributed by atoms with van der Waals surface area (Å²) in [6.45, 7) is 5.49. The Hall–Kier alpha value is -3.24. The lowest BCUT2D eigenvalue weighted by Crippen LogP contribution is -2.29. The Kier molecular flexibility index (Phi) is 5.38. The summed E-state index contributed by atoms with van der Waals surface area (Å²) in [5.74, 6) is -1.09. The number of nitro groups is 1. The number of amides is 2. The van der Waals surface area contributed by atoms with E-state index in [4.69, 9.17) is 0 Å². The van der Waals surface area contributed by atoms with Crippen LogP contribution in [0.1, 0.15) is 36.1 Å². The lowest BCUT2D eigenvalue weighted by molar-refractivity contribution is -0.389. The molecule has 0 radical (unpaired) electrons. The molecular formula is C15H21N7O4. The van der Waals surface area contributed by atoms with Crippen molar-refractivity contribution in [2.45, 2.75) is 33.4 Å². The first kappa shape index (κ1) is 19.1. The molecular weight excluding hydrogens is 342 g/mol. The summed E-state index contributed by atoms with van der Waals surface area (Å²) in [6, 6.07) is 0.482. The van der Waals surface area contributed by atoms with E-state index in [2.05, 4.69) is 15.5 Å². The molecule has 0 aliphatic rings. The first-order chi connectivity index (χ1) is 12.2. The number of hydrogen-bond donors (Lipinski definition) is 1. The van der Waals surface area contributed by atoms with Crippen LogP contribution in [-0.2, 0) is 11.3 Å². The van der Waals surface area contributed by atoms with Crippen LogP contribution in [0, 0.1) is 17.0 Å². The fraction of sp³-hybridized carbons (Fsp3) is 0.467. The summed E-state index contributed by atoms with van der Waals surface area (Å²) in [7, 11) is 3.21. The summed E-state index contributed by atoms with van der Waals surface area (Å²) >= 11 is 0. The third-order valence-electron chi connectivity index (χ3n) is 3.85. The van der Waals surface area contributed by atoms with Crippen LogP contribution in [0.4, 0.5) is 11.5 Å². The number of rotatable bonds is 6. The molecule has 11 heteroatoms. The van der Waals surface area contributed by atoms with Gasteiger partial charge in [-0.1, -0.05) is 0 Å². The van der Waals surface area contributed by atoms with Gasteiger partial charge in [-0.15, -0.1) is 0 Å². The van der Waals surface area contributed by atoms with Crippen molar-refractivity contribution in [3.8, 4) is 0 Å². The van der Waals surface area contributed by atoms with E-state index in [0.717, 1.165) is 0 Å². The lowest BCUT2D eigenvalue weighted by atomic mass is 10.2. The molecule has 0 aliphatic heterocycles. The molecule has 0 bridgehead atoms. The number of nitrogens with one attached hydrogen (secondary N) is 1. The highest BCUT2D eigenvalue weighted by Gasteiger charge is 2.27. The zero-order chi connectivity index (χ0) is 19.6. The normalized spacial score (nSPS) is 11.9. The van der Waals surface area contributed by atoms with E-state index in [0.29, 0.717) is 12.2 Å². The zero-order valence-electron chi connectivity index (χ0n) is 15.3. The molecule has 140 valence electrons. The summed E-state index contributed by atoms with van der Waals surface area (Å²) in [5, 5.41) is 21.5. The van der Waals surface area contributed by atoms with E-state index in [9.17, 15) is 19.7 Å². The maximum Gasteiger partial charge on any atom is 0.390 e. The molecule has 0 spiro atoms. The van der Waals surface area contributed by atoms with E-state index in [1.54, 1.807) is 27.9 Å². The Morgan fingerprint density at radius 1 is 1.42 bits per heavy atom. The maximum absolute atomic E-state index is 12.6. The largest absolute Gasteiger partial charge is 0.390 e. The molecule has 2 aromatic rings. The number of anilines is 1. The zero-order valence-corrected chi connectivity index (χ0v) is 15.3. The van der Waals surface area contributed by atoms with Crippen molar-refractivity contribution >= 4 is 23.3 Å². The minimum Gasteiger partial charge on any atom is -0.358 e. The highest BCUT2D eigenvalue weighted by atomic mass is 16.6. The molecule has 0 saturated carbocycles. The molecule has 0 aliphatic carbocycles. The molecule has 0 fully saturated rings. The van der Waals surface area contributed by atoms with Crippen LogP contribution >= 0.6 is 0 Å². The van der Waals surface area contributed by atoms with Gasteiger partial charge in [0.15, 0.2) is 0 Å². The smallest absolute Gasteiger partial charge is 0.358 e. The average Bonchev–Trinajstić information content (AvgIpc) is 3.16. The standard InChI is InChI=1S/C15H21N7O4/c1-6-20-13(15(24)19(4)5)11(8-16-20)17-14(23)10(3)21-9(2)7-12(18-21)22(25)26/h7-8,10H,6H2,1-5H3,(H,17,23). The molecule has 1 N–H and O–H groups in total. The summed E-state index contributed by atoms with van der Waals surface area (Å²) in [4.78, 5) is 36.6. The number of aryl methyl sites for hydroxylation is 2. The monoisotopic (exact) mass is 363 g/mol. The highest BCUT2D eigenvalue weighted by molar-refractivity contribution is 6.03. The highest BCUT2D eigenvalue weighted by Crippen LogP contribution is 2.21. The van der Waals surface area contributed by atoms with E-state index in [-0.39, 0.29) is 23.1 Å². The van der Waals surface area contributed by atoms with Gasteiger partial charge in [0.2, 0.25) is 0 Å². The van der Waals surface area contributed by atoms with Crippen molar-refractivity contribution in [2.24, 2.45) is 0 Å². The predicted molar refractivity (Wildman–Crippen MR) is 92.9 cm³/mol. The first-order valence-electron chi connectivity index (χ1n) is 7.96. The van der Waals surface area contributed by atoms with Crippen LogP contribution in [0.5, 0.6) is 0 Å². The number of hydrogen-bond acceptors (Lipinski definition) is 6. The minimum atomic E-state index is -0.809. The van der Waals surface area contributed by atoms with Crippen LogP contribution in [0.3, 0.4) is 0 Å². The molecule has 26 heavy (non-hydrogen) atoms. The molecule has 1 atom stereocenters. The van der Waals surface area contributed by atoms with Gasteiger partial charge in [0.1, 0.15) is 11.7 Å². The van der Waals surface area contributed by atoms with Crippen LogP contribution in [0.15, 0.2) is 12.3 Å². The molecule has 0 saturated heterocycles. The third kappa shape index (κ3) is 3.55. The number of carbonyl (C=O) groups is 2. The van der Waals surface area contributed by atoms with Gasteiger partial charge in [0.25, 0.3) is 11.8 Å². The Labute approximate surface area is 149 Å². The fourth-order valence-electron chi connectivity index (χ4n) is 2.45. The fourth-order valence-corrected chi connectivity index (χ4v) is 2.45. The molecule has 2 amide bonds. The van der Waals surface area contributed by atoms with Crippen molar-refractivity contribution in [3.63, 3.8) is 0 Å². The van der Waals surface area contributed by atoms with E-state index in [1.807, 2.05) is 6.92 Å². The lowest BCUT2D eigenvalue weighted by Gasteiger charge is -2.15. The quantitative estimate of drug-likeness (QED) is 0.607. The number of nitrogens with zero attached hydrogens (tertiary/aromatic N) is 6. The molecule has 0 aromatic carbocycles. The Morgan fingerprint density at radius 3 is 2.58 bits per heavy atom. The van der Waals surface area contributed by atoms with Gasteiger partial charge in [-0.25, -0.2) is 0 Å². The third-order valence-corrected chi connectivity index (χ3v) is 3.85. The predicted octanol–water partition coefficient (Wildman–Crippen LogP) is 1.22. The van der Waals surface area contributed by atoms with Crippen molar-refractivity contribution < 1.29 is 14.5 Å². The summed E-state index contributed by atoms with van der Waals surface area (Å²) in [6.07, 6.45) is 1.41. The van der Waals surface area contributed by atoms with E-state index >= 15 is 0 Å².